The van der Waals surface area contributed by atoms with Gasteiger partial charge in [-0.1, -0.05) is 0 Å². The molecule has 1 aromatic rings. The predicted molar refractivity (Wildman–Crippen MR) is 73.6 cm³/mol. The van der Waals surface area contributed by atoms with Crippen LogP contribution >= 0.6 is 0 Å². The molecule has 1 aromatic heterocycles. The van der Waals surface area contributed by atoms with Crippen molar-refractivity contribution in [2.24, 2.45) is 0 Å². The molecule has 1 amide bonds. The van der Waals surface area contributed by atoms with Gasteiger partial charge in [0.25, 0.3) is 0 Å². The minimum absolute atomic E-state index is 0.00830. The lowest BCUT2D eigenvalue weighted by Crippen LogP contribution is -2.44. The highest BCUT2D eigenvalue weighted by Gasteiger charge is 2.32. The molecule has 1 atom stereocenters. The standard InChI is InChI=1S/C12H18N2O6S/c1-5-13-11(15)6(2)14-21(18,19)10-8(4)20-7(3)9(10)12(16)17/h6,14H,5H2,1-4H3,(H,13,15)(H,16,17). The number of carbonyl (C=O) groups excluding carboxylic acids is 1. The first-order chi connectivity index (χ1) is 9.61. The summed E-state index contributed by atoms with van der Waals surface area (Å²) in [4.78, 5) is 22.3. The number of hydrogen-bond donors (Lipinski definition) is 3. The van der Waals surface area contributed by atoms with Gasteiger partial charge in [0.1, 0.15) is 22.0 Å². The summed E-state index contributed by atoms with van der Waals surface area (Å²) in [5.74, 6) is -1.96. The molecule has 3 N–H and O–H groups in total. The molecule has 118 valence electrons. The Bertz CT molecular complexity index is 662. The second-order valence-electron chi connectivity index (χ2n) is 4.46. The number of hydrogen-bond acceptors (Lipinski definition) is 5. The second kappa shape index (κ2) is 6.27. The molecule has 9 heteroatoms. The summed E-state index contributed by atoms with van der Waals surface area (Å²) in [7, 11) is -4.19. The van der Waals surface area contributed by atoms with Crippen molar-refractivity contribution in [1.29, 1.82) is 0 Å². The number of amides is 1. The summed E-state index contributed by atoms with van der Waals surface area (Å²) in [6.45, 7) is 6.14. The third-order valence-electron chi connectivity index (χ3n) is 2.76. The van der Waals surface area contributed by atoms with E-state index in [1.165, 1.54) is 20.8 Å². The SMILES string of the molecule is CCNC(=O)C(C)NS(=O)(=O)c1c(C)oc(C)c1C(=O)O. The van der Waals surface area contributed by atoms with Crippen LogP contribution in [0.5, 0.6) is 0 Å². The minimum atomic E-state index is -4.19. The van der Waals surface area contributed by atoms with Crippen LogP contribution in [-0.4, -0.2) is 38.0 Å². The number of nitrogens with one attached hydrogen (secondary N) is 2. The summed E-state index contributed by atoms with van der Waals surface area (Å²) in [5, 5.41) is 11.6. The van der Waals surface area contributed by atoms with Crippen molar-refractivity contribution in [2.45, 2.75) is 38.6 Å². The first kappa shape index (κ1) is 17.2. The summed E-state index contributed by atoms with van der Waals surface area (Å²) >= 11 is 0. The van der Waals surface area contributed by atoms with Crippen LogP contribution in [0, 0.1) is 13.8 Å². The molecule has 8 nitrogen and oxygen atoms in total. The summed E-state index contributed by atoms with van der Waals surface area (Å²) in [6.07, 6.45) is 0. The van der Waals surface area contributed by atoms with Crippen molar-refractivity contribution in [2.75, 3.05) is 6.54 Å². The topological polar surface area (TPSA) is 126 Å². The zero-order valence-corrected chi connectivity index (χ0v) is 13.0. The number of carbonyl (C=O) groups is 2. The van der Waals surface area contributed by atoms with Crippen molar-refractivity contribution in [3.05, 3.63) is 17.1 Å². The minimum Gasteiger partial charge on any atom is -0.478 e. The van der Waals surface area contributed by atoms with E-state index in [2.05, 4.69) is 10.0 Å². The Labute approximate surface area is 122 Å². The molecule has 0 bridgehead atoms. The number of sulfonamides is 1. The summed E-state index contributed by atoms with van der Waals surface area (Å²) in [6, 6.07) is -1.04. The van der Waals surface area contributed by atoms with Gasteiger partial charge in [0, 0.05) is 6.54 Å². The number of aryl methyl sites for hydroxylation is 2. The van der Waals surface area contributed by atoms with Crippen LogP contribution in [0.15, 0.2) is 9.31 Å². The number of carboxylic acid groups (broad SMARTS) is 1. The Kier molecular flexibility index (Phi) is 5.13. The van der Waals surface area contributed by atoms with Crippen molar-refractivity contribution >= 4 is 21.9 Å². The van der Waals surface area contributed by atoms with Crippen LogP contribution in [0.4, 0.5) is 0 Å². The van der Waals surface area contributed by atoms with E-state index < -0.39 is 38.4 Å². The molecule has 0 fully saturated rings. The van der Waals surface area contributed by atoms with E-state index in [-0.39, 0.29) is 11.5 Å². The van der Waals surface area contributed by atoms with Gasteiger partial charge < -0.3 is 14.8 Å². The first-order valence-electron chi connectivity index (χ1n) is 6.25. The van der Waals surface area contributed by atoms with E-state index in [9.17, 15) is 18.0 Å². The van der Waals surface area contributed by atoms with Crippen molar-refractivity contribution in [3.63, 3.8) is 0 Å². The van der Waals surface area contributed by atoms with E-state index in [0.717, 1.165) is 0 Å². The van der Waals surface area contributed by atoms with Gasteiger partial charge in [-0.25, -0.2) is 13.2 Å². The van der Waals surface area contributed by atoms with Crippen molar-refractivity contribution < 1.29 is 27.5 Å². The number of likely N-dealkylation sites (N-methyl/N-ethyl adjacent to an activating group) is 1. The molecule has 0 saturated carbocycles. The fraction of sp³-hybridized carbons (Fsp3) is 0.500. The van der Waals surface area contributed by atoms with E-state index in [1.54, 1.807) is 6.92 Å². The molecule has 0 aliphatic carbocycles. The van der Waals surface area contributed by atoms with Crippen molar-refractivity contribution in [3.8, 4) is 0 Å². The highest BCUT2D eigenvalue weighted by molar-refractivity contribution is 7.89. The van der Waals surface area contributed by atoms with Gasteiger partial charge in [-0.05, 0) is 27.7 Å². The van der Waals surface area contributed by atoms with Crippen LogP contribution in [0.25, 0.3) is 0 Å². The van der Waals surface area contributed by atoms with Crippen LogP contribution in [0.1, 0.15) is 35.7 Å². The third-order valence-corrected chi connectivity index (χ3v) is 4.46. The fourth-order valence-electron chi connectivity index (χ4n) is 1.91. The molecule has 0 spiro atoms. The largest absolute Gasteiger partial charge is 0.478 e. The molecule has 21 heavy (non-hydrogen) atoms. The molecular formula is C12H18N2O6S. The Morgan fingerprint density at radius 3 is 2.33 bits per heavy atom. The lowest BCUT2D eigenvalue weighted by Gasteiger charge is -2.13. The van der Waals surface area contributed by atoms with Crippen LogP contribution < -0.4 is 10.0 Å². The van der Waals surface area contributed by atoms with Crippen LogP contribution in [0.3, 0.4) is 0 Å². The molecule has 0 aliphatic heterocycles. The van der Waals surface area contributed by atoms with Crippen molar-refractivity contribution in [1.82, 2.24) is 10.0 Å². The molecular weight excluding hydrogens is 300 g/mol. The monoisotopic (exact) mass is 318 g/mol. The molecule has 0 saturated heterocycles. The molecule has 1 rings (SSSR count). The summed E-state index contributed by atoms with van der Waals surface area (Å²) < 4.78 is 31.8. The van der Waals surface area contributed by atoms with Crippen LogP contribution in [0.2, 0.25) is 0 Å². The van der Waals surface area contributed by atoms with Gasteiger partial charge >= 0.3 is 5.97 Å². The summed E-state index contributed by atoms with van der Waals surface area (Å²) in [5.41, 5.74) is -0.428. The van der Waals surface area contributed by atoms with E-state index in [4.69, 9.17) is 9.52 Å². The fourth-order valence-corrected chi connectivity index (χ4v) is 3.52. The molecule has 0 aromatic carbocycles. The molecule has 0 aliphatic rings. The third kappa shape index (κ3) is 3.61. The smallest absolute Gasteiger partial charge is 0.340 e. The highest BCUT2D eigenvalue weighted by Crippen LogP contribution is 2.26. The quantitative estimate of drug-likeness (QED) is 0.697. The van der Waals surface area contributed by atoms with Gasteiger partial charge in [0.15, 0.2) is 0 Å². The maximum absolute atomic E-state index is 12.3. The molecule has 1 heterocycles. The molecule has 0 radical (unpaired) electrons. The Balaban J connectivity index is 3.21. The Morgan fingerprint density at radius 2 is 1.86 bits per heavy atom. The van der Waals surface area contributed by atoms with Gasteiger partial charge in [0.2, 0.25) is 15.9 Å². The van der Waals surface area contributed by atoms with Gasteiger partial charge in [-0.2, -0.15) is 4.72 Å². The zero-order chi connectivity index (χ0) is 16.4. The lowest BCUT2D eigenvalue weighted by atomic mass is 10.2. The zero-order valence-electron chi connectivity index (χ0n) is 12.2. The maximum atomic E-state index is 12.3. The first-order valence-corrected chi connectivity index (χ1v) is 7.73. The van der Waals surface area contributed by atoms with Gasteiger partial charge in [0.05, 0.1) is 6.04 Å². The number of aromatic carboxylic acids is 1. The normalized spacial score (nSPS) is 13.0. The number of carboxylic acids is 1. The predicted octanol–water partition coefficient (Wildman–Crippen LogP) is 0.398. The maximum Gasteiger partial charge on any atom is 0.340 e. The highest BCUT2D eigenvalue weighted by atomic mass is 32.2. The van der Waals surface area contributed by atoms with Gasteiger partial charge in [-0.15, -0.1) is 0 Å². The number of furan rings is 1. The van der Waals surface area contributed by atoms with E-state index >= 15 is 0 Å². The molecule has 1 unspecified atom stereocenters. The van der Waals surface area contributed by atoms with Gasteiger partial charge in [-0.3, -0.25) is 4.79 Å². The average molecular weight is 318 g/mol. The Morgan fingerprint density at radius 1 is 1.29 bits per heavy atom. The Hall–Kier alpha value is -1.87. The average Bonchev–Trinajstić information content (AvgIpc) is 2.64. The van der Waals surface area contributed by atoms with E-state index in [1.807, 2.05) is 0 Å². The lowest BCUT2D eigenvalue weighted by molar-refractivity contribution is -0.122. The van der Waals surface area contributed by atoms with Crippen LogP contribution in [-0.2, 0) is 14.8 Å². The van der Waals surface area contributed by atoms with E-state index in [0.29, 0.717) is 6.54 Å². The number of rotatable bonds is 6. The second-order valence-corrected chi connectivity index (χ2v) is 6.11.